The van der Waals surface area contributed by atoms with E-state index in [4.69, 9.17) is 9.84 Å². The molecule has 0 spiro atoms. The van der Waals surface area contributed by atoms with Crippen LogP contribution in [0.4, 0.5) is 0 Å². The van der Waals surface area contributed by atoms with Gasteiger partial charge >= 0.3 is 5.97 Å². The van der Waals surface area contributed by atoms with Gasteiger partial charge in [0.05, 0.1) is 19.1 Å². The topological polar surface area (TPSA) is 66.8 Å². The molecule has 94 valence electrons. The van der Waals surface area contributed by atoms with Gasteiger partial charge in [-0.15, -0.1) is 0 Å². The summed E-state index contributed by atoms with van der Waals surface area (Å²) in [4.78, 5) is 10.7. The highest BCUT2D eigenvalue weighted by atomic mass is 79.9. The molecule has 2 atom stereocenters. The zero-order valence-corrected chi connectivity index (χ0v) is 11.3. The van der Waals surface area contributed by atoms with Crippen molar-refractivity contribution in [3.8, 4) is 5.75 Å². The van der Waals surface area contributed by atoms with Gasteiger partial charge in [-0.2, -0.15) is 0 Å². The second-order valence-corrected chi connectivity index (χ2v) is 4.79. The zero-order chi connectivity index (χ0) is 13.0. The van der Waals surface area contributed by atoms with E-state index in [1.165, 1.54) is 7.11 Å². The molecule has 2 unspecified atom stereocenters. The Morgan fingerprint density at radius 1 is 1.53 bits per heavy atom. The summed E-state index contributed by atoms with van der Waals surface area (Å²) in [6, 6.07) is 5.27. The Labute approximate surface area is 108 Å². The van der Waals surface area contributed by atoms with Gasteiger partial charge in [0.15, 0.2) is 0 Å². The molecule has 0 fully saturated rings. The predicted octanol–water partition coefficient (Wildman–Crippen LogP) is 2.60. The molecule has 0 radical (unpaired) electrons. The molecule has 0 aromatic heterocycles. The third-order valence-electron chi connectivity index (χ3n) is 2.55. The van der Waals surface area contributed by atoms with E-state index in [9.17, 15) is 9.90 Å². The molecule has 1 aromatic carbocycles. The van der Waals surface area contributed by atoms with Crippen LogP contribution in [0, 0.1) is 5.92 Å². The van der Waals surface area contributed by atoms with E-state index >= 15 is 0 Å². The Hall–Kier alpha value is -1.07. The van der Waals surface area contributed by atoms with Crippen LogP contribution in [0.1, 0.15) is 25.0 Å². The van der Waals surface area contributed by atoms with Crippen molar-refractivity contribution in [1.82, 2.24) is 0 Å². The van der Waals surface area contributed by atoms with Crippen LogP contribution in [0.5, 0.6) is 5.75 Å². The van der Waals surface area contributed by atoms with E-state index in [-0.39, 0.29) is 6.42 Å². The molecule has 0 heterocycles. The van der Waals surface area contributed by atoms with Crippen molar-refractivity contribution in [2.75, 3.05) is 7.11 Å². The van der Waals surface area contributed by atoms with Gasteiger partial charge in [0, 0.05) is 10.0 Å². The van der Waals surface area contributed by atoms with Gasteiger partial charge in [-0.3, -0.25) is 4.79 Å². The summed E-state index contributed by atoms with van der Waals surface area (Å²) in [5, 5.41) is 18.8. The van der Waals surface area contributed by atoms with Gasteiger partial charge in [0.25, 0.3) is 0 Å². The molecule has 0 aliphatic rings. The largest absolute Gasteiger partial charge is 0.496 e. The number of carbonyl (C=O) groups is 1. The Bertz CT molecular complexity index is 405. The fourth-order valence-electron chi connectivity index (χ4n) is 1.53. The van der Waals surface area contributed by atoms with E-state index < -0.39 is 18.0 Å². The summed E-state index contributed by atoms with van der Waals surface area (Å²) < 4.78 is 5.95. The molecule has 0 aliphatic carbocycles. The Kier molecular flexibility index (Phi) is 4.96. The van der Waals surface area contributed by atoms with Crippen molar-refractivity contribution in [2.24, 2.45) is 5.92 Å². The first-order valence-corrected chi connectivity index (χ1v) is 5.99. The van der Waals surface area contributed by atoms with Crippen molar-refractivity contribution in [2.45, 2.75) is 19.4 Å². The maximum absolute atomic E-state index is 10.7. The molecular formula is C12H15BrO4. The normalized spacial score (nSPS) is 14.1. The lowest BCUT2D eigenvalue weighted by atomic mass is 9.98. The highest BCUT2D eigenvalue weighted by molar-refractivity contribution is 9.10. The molecule has 0 saturated heterocycles. The number of rotatable bonds is 5. The van der Waals surface area contributed by atoms with E-state index in [0.29, 0.717) is 11.3 Å². The van der Waals surface area contributed by atoms with Crippen LogP contribution in [-0.2, 0) is 4.79 Å². The molecule has 0 bridgehead atoms. The average Bonchev–Trinajstić information content (AvgIpc) is 2.28. The summed E-state index contributed by atoms with van der Waals surface area (Å²) >= 11 is 3.31. The molecule has 2 N–H and O–H groups in total. The van der Waals surface area contributed by atoms with Crippen LogP contribution in [0.2, 0.25) is 0 Å². The number of halogens is 1. The number of ether oxygens (including phenoxy) is 1. The first-order chi connectivity index (χ1) is 7.95. The van der Waals surface area contributed by atoms with Crippen molar-refractivity contribution < 1.29 is 19.7 Å². The smallest absolute Gasteiger partial charge is 0.306 e. The molecule has 17 heavy (non-hydrogen) atoms. The number of aliphatic hydroxyl groups excluding tert-OH is 1. The standard InChI is InChI=1S/C12H15BrO4/c1-7(12(15)16)5-10(14)9-6-8(13)3-4-11(9)17-2/h3-4,6-7,10,14H,5H2,1-2H3,(H,15,16). The first-order valence-electron chi connectivity index (χ1n) is 5.20. The lowest BCUT2D eigenvalue weighted by Crippen LogP contribution is -2.14. The van der Waals surface area contributed by atoms with Gasteiger partial charge in [-0.25, -0.2) is 0 Å². The third kappa shape index (κ3) is 3.71. The lowest BCUT2D eigenvalue weighted by molar-refractivity contribution is -0.142. The highest BCUT2D eigenvalue weighted by Gasteiger charge is 2.20. The summed E-state index contributed by atoms with van der Waals surface area (Å²) in [7, 11) is 1.51. The number of carboxylic acids is 1. The van der Waals surface area contributed by atoms with Gasteiger partial charge in [0.1, 0.15) is 5.75 Å². The Morgan fingerprint density at radius 3 is 2.71 bits per heavy atom. The first kappa shape index (κ1) is 14.0. The molecule has 0 saturated carbocycles. The van der Waals surface area contributed by atoms with Crippen LogP contribution in [0.3, 0.4) is 0 Å². The van der Waals surface area contributed by atoms with Crippen molar-refractivity contribution in [3.05, 3.63) is 28.2 Å². The minimum Gasteiger partial charge on any atom is -0.496 e. The SMILES string of the molecule is COc1ccc(Br)cc1C(O)CC(C)C(=O)O. The van der Waals surface area contributed by atoms with Gasteiger partial charge < -0.3 is 14.9 Å². The number of carboxylic acid groups (broad SMARTS) is 1. The number of aliphatic hydroxyl groups is 1. The molecule has 1 aromatic rings. The van der Waals surface area contributed by atoms with Crippen LogP contribution >= 0.6 is 15.9 Å². The number of hydrogen-bond donors (Lipinski definition) is 2. The minimum absolute atomic E-state index is 0.155. The molecule has 4 nitrogen and oxygen atoms in total. The van der Waals surface area contributed by atoms with Crippen LogP contribution < -0.4 is 4.74 Å². The molecule has 5 heteroatoms. The maximum Gasteiger partial charge on any atom is 0.306 e. The Balaban J connectivity index is 2.90. The summed E-state index contributed by atoms with van der Waals surface area (Å²) in [6.45, 7) is 1.57. The average molecular weight is 303 g/mol. The van der Waals surface area contributed by atoms with Crippen molar-refractivity contribution >= 4 is 21.9 Å². The monoisotopic (exact) mass is 302 g/mol. The van der Waals surface area contributed by atoms with E-state index in [1.807, 2.05) is 0 Å². The van der Waals surface area contributed by atoms with Gasteiger partial charge in [-0.05, 0) is 24.6 Å². The number of methoxy groups -OCH3 is 1. The summed E-state index contributed by atoms with van der Waals surface area (Å²) in [5.41, 5.74) is 0.593. The predicted molar refractivity (Wildman–Crippen MR) is 67.1 cm³/mol. The summed E-state index contributed by atoms with van der Waals surface area (Å²) in [5.74, 6) is -0.968. The number of hydrogen-bond acceptors (Lipinski definition) is 3. The van der Waals surface area contributed by atoms with Crippen LogP contribution in [0.25, 0.3) is 0 Å². The van der Waals surface area contributed by atoms with Crippen LogP contribution in [-0.4, -0.2) is 23.3 Å². The number of benzene rings is 1. The maximum atomic E-state index is 10.7. The minimum atomic E-state index is -0.919. The second kappa shape index (κ2) is 6.02. The van der Waals surface area contributed by atoms with Crippen LogP contribution in [0.15, 0.2) is 22.7 Å². The van der Waals surface area contributed by atoms with E-state index in [1.54, 1.807) is 25.1 Å². The molecule has 0 aliphatic heterocycles. The highest BCUT2D eigenvalue weighted by Crippen LogP contribution is 2.31. The van der Waals surface area contributed by atoms with Crippen molar-refractivity contribution in [1.29, 1.82) is 0 Å². The molecule has 0 amide bonds. The quantitative estimate of drug-likeness (QED) is 0.877. The third-order valence-corrected chi connectivity index (χ3v) is 3.04. The lowest BCUT2D eigenvalue weighted by Gasteiger charge is -2.17. The fourth-order valence-corrected chi connectivity index (χ4v) is 1.91. The molecular weight excluding hydrogens is 288 g/mol. The van der Waals surface area contributed by atoms with Gasteiger partial charge in [0.2, 0.25) is 0 Å². The van der Waals surface area contributed by atoms with Crippen molar-refractivity contribution in [3.63, 3.8) is 0 Å². The van der Waals surface area contributed by atoms with E-state index in [2.05, 4.69) is 15.9 Å². The fraction of sp³-hybridized carbons (Fsp3) is 0.417. The summed E-state index contributed by atoms with van der Waals surface area (Å²) in [6.07, 6.45) is -0.698. The van der Waals surface area contributed by atoms with Gasteiger partial charge in [-0.1, -0.05) is 22.9 Å². The Morgan fingerprint density at radius 2 is 2.18 bits per heavy atom. The number of aliphatic carboxylic acids is 1. The second-order valence-electron chi connectivity index (χ2n) is 3.88. The van der Waals surface area contributed by atoms with E-state index in [0.717, 1.165) is 4.47 Å². The molecule has 1 rings (SSSR count). The zero-order valence-electron chi connectivity index (χ0n) is 9.68.